The molecule has 0 spiro atoms. The number of amides is 1. The Balaban J connectivity index is 1.64. The summed E-state index contributed by atoms with van der Waals surface area (Å²) >= 11 is 0. The first-order valence-electron chi connectivity index (χ1n) is 7.41. The number of piperidine rings is 1. The van der Waals surface area contributed by atoms with E-state index in [9.17, 15) is 13.2 Å². The highest BCUT2D eigenvalue weighted by Crippen LogP contribution is 2.21. The zero-order valence-corrected chi connectivity index (χ0v) is 13.9. The van der Waals surface area contributed by atoms with Gasteiger partial charge in [-0.25, -0.2) is 22.2 Å². The maximum absolute atomic E-state index is 12.3. The van der Waals surface area contributed by atoms with Crippen molar-refractivity contribution >= 4 is 27.3 Å². The molecular weight excluding hydrogens is 318 g/mol. The molecule has 2 aromatic rings. The van der Waals surface area contributed by atoms with Crippen LogP contribution in [0.2, 0.25) is 0 Å². The number of hydrogen-bond donors (Lipinski definition) is 1. The Morgan fingerprint density at radius 1 is 1.35 bits per heavy atom. The summed E-state index contributed by atoms with van der Waals surface area (Å²) in [6.07, 6.45) is 5.56. The topological polar surface area (TPSA) is 96.7 Å². The van der Waals surface area contributed by atoms with E-state index in [1.54, 1.807) is 16.9 Å². The van der Waals surface area contributed by atoms with E-state index in [1.807, 2.05) is 13.0 Å². The van der Waals surface area contributed by atoms with Crippen LogP contribution in [0.3, 0.4) is 0 Å². The Morgan fingerprint density at radius 3 is 2.70 bits per heavy atom. The molecule has 1 fully saturated rings. The predicted molar refractivity (Wildman–Crippen MR) is 85.5 cm³/mol. The van der Waals surface area contributed by atoms with Crippen LogP contribution >= 0.6 is 0 Å². The summed E-state index contributed by atoms with van der Waals surface area (Å²) in [6, 6.07) is 1.85. The van der Waals surface area contributed by atoms with Crippen molar-refractivity contribution in [1.29, 1.82) is 0 Å². The second kappa shape index (κ2) is 5.89. The lowest BCUT2D eigenvalue weighted by Gasteiger charge is -2.29. The zero-order valence-electron chi connectivity index (χ0n) is 13.1. The maximum Gasteiger partial charge on any atom is 0.227 e. The molecular formula is C14H19N5O3S. The van der Waals surface area contributed by atoms with Crippen LogP contribution in [0.5, 0.6) is 0 Å². The first kappa shape index (κ1) is 15.9. The van der Waals surface area contributed by atoms with Crippen molar-refractivity contribution in [1.82, 2.24) is 18.9 Å². The summed E-state index contributed by atoms with van der Waals surface area (Å²) in [6.45, 7) is 2.64. The van der Waals surface area contributed by atoms with Crippen molar-refractivity contribution in [3.63, 3.8) is 0 Å². The van der Waals surface area contributed by atoms with E-state index in [4.69, 9.17) is 0 Å². The Hall–Kier alpha value is -2.00. The smallest absolute Gasteiger partial charge is 0.227 e. The van der Waals surface area contributed by atoms with E-state index >= 15 is 0 Å². The summed E-state index contributed by atoms with van der Waals surface area (Å²) in [7, 11) is -3.18. The molecule has 0 aliphatic carbocycles. The molecule has 2 aromatic heterocycles. The molecule has 1 saturated heterocycles. The molecule has 1 N–H and O–H groups in total. The molecule has 0 radical (unpaired) electrons. The second-order valence-electron chi connectivity index (χ2n) is 5.86. The molecule has 0 atom stereocenters. The molecule has 1 aliphatic heterocycles. The number of anilines is 1. The molecule has 3 heterocycles. The lowest BCUT2D eigenvalue weighted by molar-refractivity contribution is -0.120. The third-order valence-electron chi connectivity index (χ3n) is 4.00. The number of aryl methyl sites for hydroxylation is 1. The van der Waals surface area contributed by atoms with Crippen LogP contribution in [-0.2, 0) is 14.8 Å². The summed E-state index contributed by atoms with van der Waals surface area (Å²) in [5.74, 6) is -0.300. The largest absolute Gasteiger partial charge is 0.323 e. The van der Waals surface area contributed by atoms with Gasteiger partial charge in [0, 0.05) is 25.1 Å². The lowest BCUT2D eigenvalue weighted by Crippen LogP contribution is -2.40. The standard InChI is InChI=1S/C14H19N5O3S/c1-10-7-13-15-8-12(9-19(13)17-10)16-14(20)11-3-5-18(6-4-11)23(2,21)22/h7-9,11H,3-6H2,1-2H3,(H,16,20). The molecule has 0 aromatic carbocycles. The summed E-state index contributed by atoms with van der Waals surface area (Å²) in [4.78, 5) is 16.6. The third kappa shape index (κ3) is 3.50. The van der Waals surface area contributed by atoms with E-state index in [1.165, 1.54) is 10.6 Å². The van der Waals surface area contributed by atoms with E-state index in [0.29, 0.717) is 31.6 Å². The Morgan fingerprint density at radius 2 is 2.04 bits per heavy atom. The highest BCUT2D eigenvalue weighted by molar-refractivity contribution is 7.88. The van der Waals surface area contributed by atoms with Crippen molar-refractivity contribution in [2.75, 3.05) is 24.7 Å². The monoisotopic (exact) mass is 337 g/mol. The van der Waals surface area contributed by atoms with Gasteiger partial charge in [-0.05, 0) is 19.8 Å². The molecule has 9 heteroatoms. The fourth-order valence-corrected chi connectivity index (χ4v) is 3.63. The van der Waals surface area contributed by atoms with Crippen molar-refractivity contribution < 1.29 is 13.2 Å². The molecule has 1 amide bonds. The fraction of sp³-hybridized carbons (Fsp3) is 0.500. The number of carbonyl (C=O) groups excluding carboxylic acids is 1. The van der Waals surface area contributed by atoms with Crippen molar-refractivity contribution in [2.24, 2.45) is 5.92 Å². The minimum absolute atomic E-state index is 0.108. The Bertz CT molecular complexity index is 837. The quantitative estimate of drug-likeness (QED) is 0.887. The number of rotatable bonds is 3. The van der Waals surface area contributed by atoms with Gasteiger partial charge in [0.05, 0.1) is 30.0 Å². The maximum atomic E-state index is 12.3. The zero-order chi connectivity index (χ0) is 16.6. The number of hydrogen-bond acceptors (Lipinski definition) is 5. The van der Waals surface area contributed by atoms with E-state index < -0.39 is 10.0 Å². The molecule has 23 heavy (non-hydrogen) atoms. The van der Waals surface area contributed by atoms with E-state index in [-0.39, 0.29) is 11.8 Å². The number of nitrogens with one attached hydrogen (secondary N) is 1. The van der Waals surface area contributed by atoms with Crippen LogP contribution in [0.25, 0.3) is 5.65 Å². The van der Waals surface area contributed by atoms with Crippen LogP contribution < -0.4 is 5.32 Å². The predicted octanol–water partition coefficient (Wildman–Crippen LogP) is 0.648. The summed E-state index contributed by atoms with van der Waals surface area (Å²) in [5.41, 5.74) is 2.16. The number of sulfonamides is 1. The molecule has 124 valence electrons. The average molecular weight is 337 g/mol. The highest BCUT2D eigenvalue weighted by atomic mass is 32.2. The first-order chi connectivity index (χ1) is 10.8. The van der Waals surface area contributed by atoms with Crippen molar-refractivity contribution in [3.8, 4) is 0 Å². The molecule has 0 bridgehead atoms. The summed E-state index contributed by atoms with van der Waals surface area (Å²) in [5, 5.41) is 7.10. The van der Waals surface area contributed by atoms with Gasteiger partial charge in [0.25, 0.3) is 0 Å². The van der Waals surface area contributed by atoms with Gasteiger partial charge in [0.2, 0.25) is 15.9 Å². The van der Waals surface area contributed by atoms with E-state index in [0.717, 1.165) is 11.3 Å². The number of fused-ring (bicyclic) bond motifs is 1. The van der Waals surface area contributed by atoms with E-state index in [2.05, 4.69) is 15.4 Å². The highest BCUT2D eigenvalue weighted by Gasteiger charge is 2.29. The fourth-order valence-electron chi connectivity index (χ4n) is 2.75. The van der Waals surface area contributed by atoms with Gasteiger partial charge in [-0.1, -0.05) is 0 Å². The second-order valence-corrected chi connectivity index (χ2v) is 7.84. The van der Waals surface area contributed by atoms with Crippen LogP contribution in [0, 0.1) is 12.8 Å². The minimum Gasteiger partial charge on any atom is -0.323 e. The average Bonchev–Trinajstić information content (AvgIpc) is 2.86. The molecule has 3 rings (SSSR count). The number of carbonyl (C=O) groups is 1. The Kier molecular flexibility index (Phi) is 4.07. The molecule has 1 aliphatic rings. The summed E-state index contributed by atoms with van der Waals surface area (Å²) < 4.78 is 26.0. The van der Waals surface area contributed by atoms with Gasteiger partial charge in [-0.2, -0.15) is 5.10 Å². The van der Waals surface area contributed by atoms with Crippen molar-refractivity contribution in [3.05, 3.63) is 24.2 Å². The molecule has 0 unspecified atom stereocenters. The normalized spacial score (nSPS) is 17.5. The minimum atomic E-state index is -3.18. The van der Waals surface area contributed by atoms with Crippen LogP contribution in [0.15, 0.2) is 18.5 Å². The van der Waals surface area contributed by atoms with Gasteiger partial charge in [-0.3, -0.25) is 4.79 Å². The van der Waals surface area contributed by atoms with Crippen LogP contribution in [0.1, 0.15) is 18.5 Å². The van der Waals surface area contributed by atoms with Gasteiger partial charge in [0.1, 0.15) is 0 Å². The van der Waals surface area contributed by atoms with Gasteiger partial charge < -0.3 is 5.32 Å². The van der Waals surface area contributed by atoms with Crippen LogP contribution in [0.4, 0.5) is 5.69 Å². The SMILES string of the molecule is Cc1cc2ncc(NC(=O)C3CCN(S(C)(=O)=O)CC3)cn2n1. The number of aromatic nitrogens is 3. The van der Waals surface area contributed by atoms with Crippen LogP contribution in [-0.4, -0.2) is 52.6 Å². The molecule has 8 nitrogen and oxygen atoms in total. The lowest BCUT2D eigenvalue weighted by atomic mass is 9.97. The Labute approximate surface area is 134 Å². The van der Waals surface area contributed by atoms with Gasteiger partial charge >= 0.3 is 0 Å². The third-order valence-corrected chi connectivity index (χ3v) is 5.30. The van der Waals surface area contributed by atoms with Gasteiger partial charge in [0.15, 0.2) is 5.65 Å². The number of nitrogens with zero attached hydrogens (tertiary/aromatic N) is 4. The first-order valence-corrected chi connectivity index (χ1v) is 9.26. The van der Waals surface area contributed by atoms with Gasteiger partial charge in [-0.15, -0.1) is 0 Å². The van der Waals surface area contributed by atoms with Crippen molar-refractivity contribution in [2.45, 2.75) is 19.8 Å². The molecule has 0 saturated carbocycles.